The predicted octanol–water partition coefficient (Wildman–Crippen LogP) is 10.6. The van der Waals surface area contributed by atoms with Crippen LogP contribution < -0.4 is 20.1 Å². The molecule has 0 aliphatic rings. The Morgan fingerprint density at radius 3 is 1.70 bits per heavy atom. The molecular formula is C38H50N4O2S2. The minimum Gasteiger partial charge on any atom is -0.491 e. The third-order valence-corrected chi connectivity index (χ3v) is 9.96. The Balaban J connectivity index is 2.21. The zero-order chi connectivity index (χ0) is 33.5. The van der Waals surface area contributed by atoms with E-state index in [0.29, 0.717) is 42.2 Å². The minimum absolute atomic E-state index is 0.199. The van der Waals surface area contributed by atoms with Crippen molar-refractivity contribution in [1.29, 1.82) is 10.5 Å². The molecule has 3 aromatic rings. The third kappa shape index (κ3) is 10.5. The Morgan fingerprint density at radius 1 is 0.739 bits per heavy atom. The van der Waals surface area contributed by atoms with Gasteiger partial charge in [0, 0.05) is 34.3 Å². The van der Waals surface area contributed by atoms with Crippen molar-refractivity contribution in [3.63, 3.8) is 0 Å². The summed E-state index contributed by atoms with van der Waals surface area (Å²) in [4.78, 5) is 5.81. The first kappa shape index (κ1) is 37.0. The number of anilines is 2. The fraction of sp³-hybridized carbons (Fsp3) is 0.474. The molecule has 3 aromatic carbocycles. The van der Waals surface area contributed by atoms with Gasteiger partial charge in [-0.25, -0.2) is 0 Å². The van der Waals surface area contributed by atoms with Crippen LogP contribution in [0.15, 0.2) is 68.1 Å². The van der Waals surface area contributed by atoms with Crippen LogP contribution in [-0.2, 0) is 0 Å². The third-order valence-electron chi connectivity index (χ3n) is 7.55. The summed E-state index contributed by atoms with van der Waals surface area (Å²) in [5, 5.41) is 20.9. The van der Waals surface area contributed by atoms with Crippen molar-refractivity contribution < 1.29 is 9.47 Å². The van der Waals surface area contributed by atoms with E-state index in [-0.39, 0.29) is 11.1 Å². The quantitative estimate of drug-likeness (QED) is 0.127. The van der Waals surface area contributed by atoms with Crippen molar-refractivity contribution >= 4 is 34.9 Å². The molecule has 0 amide bonds. The van der Waals surface area contributed by atoms with Crippen LogP contribution >= 0.6 is 23.5 Å². The number of rotatable bonds is 19. The summed E-state index contributed by atoms with van der Waals surface area (Å²) in [5.41, 5.74) is 8.68. The number of nitriles is 2. The highest BCUT2D eigenvalue weighted by Crippen LogP contribution is 2.53. The van der Waals surface area contributed by atoms with Gasteiger partial charge in [-0.05, 0) is 73.9 Å². The van der Waals surface area contributed by atoms with Gasteiger partial charge in [-0.2, -0.15) is 10.5 Å². The Kier molecular flexibility index (Phi) is 15.5. The molecule has 46 heavy (non-hydrogen) atoms. The van der Waals surface area contributed by atoms with Crippen molar-refractivity contribution in [2.24, 2.45) is 11.8 Å². The maximum atomic E-state index is 10.5. The number of benzene rings is 3. The normalized spacial score (nSPS) is 11.0. The van der Waals surface area contributed by atoms with E-state index in [2.05, 4.69) is 82.8 Å². The molecular weight excluding hydrogens is 609 g/mol. The van der Waals surface area contributed by atoms with Gasteiger partial charge in [0.05, 0.1) is 23.0 Å². The van der Waals surface area contributed by atoms with Crippen LogP contribution in [0, 0.1) is 34.5 Å². The number of nitrogen functional groups attached to an aromatic ring is 1. The van der Waals surface area contributed by atoms with E-state index < -0.39 is 0 Å². The zero-order valence-corrected chi connectivity index (χ0v) is 30.0. The molecule has 2 N–H and O–H groups in total. The summed E-state index contributed by atoms with van der Waals surface area (Å²) >= 11 is 2.99. The van der Waals surface area contributed by atoms with Crippen LogP contribution in [0.3, 0.4) is 0 Å². The lowest BCUT2D eigenvalue weighted by molar-refractivity contribution is 0.269. The van der Waals surface area contributed by atoms with Crippen LogP contribution in [0.4, 0.5) is 11.4 Å². The van der Waals surface area contributed by atoms with Gasteiger partial charge in [-0.15, -0.1) is 0 Å². The van der Waals surface area contributed by atoms with Crippen molar-refractivity contribution in [3.05, 3.63) is 59.7 Å². The number of hydrogen-bond donors (Lipinski definition) is 1. The molecule has 0 aromatic heterocycles. The number of ether oxygens (including phenoxy) is 2. The molecule has 0 atom stereocenters. The van der Waals surface area contributed by atoms with Gasteiger partial charge < -0.3 is 20.1 Å². The fourth-order valence-electron chi connectivity index (χ4n) is 4.72. The average molecular weight is 659 g/mol. The summed E-state index contributed by atoms with van der Waals surface area (Å²) in [7, 11) is 0. The number of nitrogens with two attached hydrogens (primary N) is 1. The van der Waals surface area contributed by atoms with Gasteiger partial charge in [-0.1, -0.05) is 90.0 Å². The predicted molar refractivity (Wildman–Crippen MR) is 193 cm³/mol. The number of hydrogen-bond acceptors (Lipinski definition) is 8. The Hall–Kier alpha value is -3.46. The molecule has 246 valence electrons. The van der Waals surface area contributed by atoms with E-state index in [1.165, 1.54) is 29.2 Å². The summed E-state index contributed by atoms with van der Waals surface area (Å²) in [6.07, 6.45) is 6.25. The lowest BCUT2D eigenvalue weighted by atomic mass is 10.1. The van der Waals surface area contributed by atoms with E-state index in [1.807, 2.05) is 24.3 Å². The topological polar surface area (TPSA) is 95.3 Å². The van der Waals surface area contributed by atoms with E-state index >= 15 is 0 Å². The molecule has 0 aliphatic carbocycles. The largest absolute Gasteiger partial charge is 0.491 e. The van der Waals surface area contributed by atoms with Crippen LogP contribution in [0.5, 0.6) is 11.5 Å². The van der Waals surface area contributed by atoms with Gasteiger partial charge in [-0.3, -0.25) is 0 Å². The molecule has 0 heterocycles. The minimum atomic E-state index is 0.199. The van der Waals surface area contributed by atoms with Gasteiger partial charge in [0.15, 0.2) is 11.5 Å². The molecule has 0 fully saturated rings. The lowest BCUT2D eigenvalue weighted by Crippen LogP contribution is -2.25. The Bertz CT molecular complexity index is 1470. The monoisotopic (exact) mass is 658 g/mol. The van der Waals surface area contributed by atoms with E-state index in [1.54, 1.807) is 0 Å². The van der Waals surface area contributed by atoms with E-state index in [0.717, 1.165) is 71.2 Å². The number of unbranched alkanes of at least 4 members (excludes halogenated alkanes) is 2. The van der Waals surface area contributed by atoms with E-state index in [9.17, 15) is 10.5 Å². The SMILES string of the molecule is CCCCN(CCCC)c1ccc(Sc2c(OCCC(C)C)c(C#N)c(C#N)c(OCCC(C)C)c2Sc2ccccc2N)cc1. The molecule has 0 saturated heterocycles. The second-order valence-electron chi connectivity index (χ2n) is 12.3. The first-order chi connectivity index (χ1) is 22.2. The standard InChI is InChI=1S/C38H50N4O2S2/c1-7-9-21-42(22-10-8-2)29-15-17-30(18-16-29)45-37-35(43-23-19-27(3)4)31(25-39)32(26-40)36(44-24-20-28(5)6)38(37)46-34-14-12-11-13-33(34)41/h11-18,27-28H,7-10,19-24,41H2,1-6H3. The van der Waals surface area contributed by atoms with Crippen LogP contribution in [0.1, 0.15) is 91.2 Å². The van der Waals surface area contributed by atoms with Gasteiger partial charge in [0.25, 0.3) is 0 Å². The lowest BCUT2D eigenvalue weighted by Gasteiger charge is -2.25. The molecule has 3 rings (SSSR count). The molecule has 6 nitrogen and oxygen atoms in total. The van der Waals surface area contributed by atoms with Crippen molar-refractivity contribution in [2.45, 2.75) is 99.6 Å². The molecule has 0 aliphatic heterocycles. The summed E-state index contributed by atoms with van der Waals surface area (Å²) in [6.45, 7) is 15.9. The fourth-order valence-corrected chi connectivity index (χ4v) is 6.91. The van der Waals surface area contributed by atoms with Crippen LogP contribution in [0.2, 0.25) is 0 Å². The smallest absolute Gasteiger partial charge is 0.153 e. The first-order valence-electron chi connectivity index (χ1n) is 16.6. The number of nitrogens with zero attached hydrogens (tertiary/aromatic N) is 3. The summed E-state index contributed by atoms with van der Waals surface area (Å²) in [6, 6.07) is 20.9. The highest BCUT2D eigenvalue weighted by atomic mass is 32.2. The molecule has 8 heteroatoms. The van der Waals surface area contributed by atoms with Crippen molar-refractivity contribution in [3.8, 4) is 23.6 Å². The van der Waals surface area contributed by atoms with Crippen LogP contribution in [0.25, 0.3) is 0 Å². The Morgan fingerprint density at radius 2 is 1.24 bits per heavy atom. The maximum Gasteiger partial charge on any atom is 0.153 e. The van der Waals surface area contributed by atoms with Gasteiger partial charge in [0.1, 0.15) is 23.3 Å². The zero-order valence-electron chi connectivity index (χ0n) is 28.4. The molecule has 0 spiro atoms. The van der Waals surface area contributed by atoms with Crippen molar-refractivity contribution in [1.82, 2.24) is 0 Å². The van der Waals surface area contributed by atoms with Crippen LogP contribution in [-0.4, -0.2) is 26.3 Å². The highest BCUT2D eigenvalue weighted by molar-refractivity contribution is 8.02. The Labute approximate surface area is 285 Å². The van der Waals surface area contributed by atoms with E-state index in [4.69, 9.17) is 15.2 Å². The first-order valence-corrected chi connectivity index (χ1v) is 18.2. The highest BCUT2D eigenvalue weighted by Gasteiger charge is 2.29. The number of para-hydroxylation sites is 1. The molecule has 0 saturated carbocycles. The summed E-state index contributed by atoms with van der Waals surface area (Å²) < 4.78 is 12.9. The molecule has 0 radical (unpaired) electrons. The average Bonchev–Trinajstić information content (AvgIpc) is 3.04. The molecule has 0 unspecified atom stereocenters. The van der Waals surface area contributed by atoms with Gasteiger partial charge in [0.2, 0.25) is 0 Å². The van der Waals surface area contributed by atoms with Crippen molar-refractivity contribution in [2.75, 3.05) is 36.9 Å². The second kappa shape index (κ2) is 19.3. The maximum absolute atomic E-state index is 10.5. The second-order valence-corrected chi connectivity index (χ2v) is 14.4. The van der Waals surface area contributed by atoms with Gasteiger partial charge >= 0.3 is 0 Å². The summed E-state index contributed by atoms with van der Waals surface area (Å²) in [5.74, 6) is 1.68. The molecule has 0 bridgehead atoms.